The Morgan fingerprint density at radius 2 is 2.19 bits per heavy atom. The van der Waals surface area contributed by atoms with Crippen molar-refractivity contribution >= 4 is 23.2 Å². The highest BCUT2D eigenvalue weighted by Crippen LogP contribution is 2.14. The molecule has 0 saturated carbocycles. The number of amides is 1. The molecule has 1 heterocycles. The number of nitrogens with one attached hydrogen (secondary N) is 1. The molecule has 0 aromatic carbocycles. The SMILES string of the molecule is C#CCn1ncc(Cl)c(NCCC(=O)N(CC)CC)c1=O. The van der Waals surface area contributed by atoms with E-state index in [4.69, 9.17) is 18.0 Å². The van der Waals surface area contributed by atoms with Crippen LogP contribution in [-0.2, 0) is 11.3 Å². The van der Waals surface area contributed by atoms with E-state index in [2.05, 4.69) is 16.3 Å². The highest BCUT2D eigenvalue weighted by atomic mass is 35.5. The predicted molar refractivity (Wildman–Crippen MR) is 83.4 cm³/mol. The number of aromatic nitrogens is 2. The molecule has 0 atom stereocenters. The van der Waals surface area contributed by atoms with Gasteiger partial charge >= 0.3 is 0 Å². The Kier molecular flexibility index (Phi) is 6.76. The maximum Gasteiger partial charge on any atom is 0.292 e. The highest BCUT2D eigenvalue weighted by molar-refractivity contribution is 6.33. The van der Waals surface area contributed by atoms with E-state index >= 15 is 0 Å². The fraction of sp³-hybridized carbons (Fsp3) is 0.500. The van der Waals surface area contributed by atoms with Crippen molar-refractivity contribution in [2.75, 3.05) is 25.0 Å². The van der Waals surface area contributed by atoms with E-state index < -0.39 is 5.56 Å². The minimum Gasteiger partial charge on any atom is -0.379 e. The lowest BCUT2D eigenvalue weighted by Gasteiger charge is -2.18. The standard InChI is InChI=1S/C14H19ClN4O2/c1-4-9-19-14(21)13(11(15)10-17-19)16-8-7-12(20)18(5-2)6-3/h1,10,16H,5-9H2,2-3H3. The van der Waals surface area contributed by atoms with Gasteiger partial charge in [-0.3, -0.25) is 9.59 Å². The van der Waals surface area contributed by atoms with Gasteiger partial charge in [0, 0.05) is 26.1 Å². The molecule has 114 valence electrons. The van der Waals surface area contributed by atoms with Crippen LogP contribution in [0, 0.1) is 12.3 Å². The number of hydrogen-bond donors (Lipinski definition) is 1. The Labute approximate surface area is 129 Å². The average Bonchev–Trinajstić information content (AvgIpc) is 2.47. The number of anilines is 1. The van der Waals surface area contributed by atoms with Crippen LogP contribution >= 0.6 is 11.6 Å². The molecule has 1 amide bonds. The van der Waals surface area contributed by atoms with Gasteiger partial charge in [0.25, 0.3) is 5.56 Å². The van der Waals surface area contributed by atoms with Crippen LogP contribution in [0.15, 0.2) is 11.0 Å². The first-order chi connectivity index (χ1) is 10.0. The van der Waals surface area contributed by atoms with E-state index in [1.54, 1.807) is 4.90 Å². The Bertz CT molecular complexity index is 588. The average molecular weight is 311 g/mol. The zero-order valence-electron chi connectivity index (χ0n) is 12.2. The summed E-state index contributed by atoms with van der Waals surface area (Å²) in [6.07, 6.45) is 6.81. The second kappa shape index (κ2) is 8.32. The molecule has 0 aliphatic rings. The largest absolute Gasteiger partial charge is 0.379 e. The summed E-state index contributed by atoms with van der Waals surface area (Å²) in [6.45, 7) is 5.58. The number of carbonyl (C=O) groups excluding carboxylic acids is 1. The summed E-state index contributed by atoms with van der Waals surface area (Å²) in [6, 6.07) is 0. The van der Waals surface area contributed by atoms with Gasteiger partial charge in [0.05, 0.1) is 11.2 Å². The topological polar surface area (TPSA) is 67.2 Å². The van der Waals surface area contributed by atoms with Crippen molar-refractivity contribution in [3.63, 3.8) is 0 Å². The number of terminal acetylenes is 1. The molecular weight excluding hydrogens is 292 g/mol. The molecular formula is C14H19ClN4O2. The fourth-order valence-electron chi connectivity index (χ4n) is 1.86. The Balaban J connectivity index is 2.72. The van der Waals surface area contributed by atoms with E-state index in [1.165, 1.54) is 6.20 Å². The van der Waals surface area contributed by atoms with Gasteiger partial charge in [0.1, 0.15) is 12.2 Å². The zero-order chi connectivity index (χ0) is 15.8. The highest BCUT2D eigenvalue weighted by Gasteiger charge is 2.12. The van der Waals surface area contributed by atoms with E-state index in [1.807, 2.05) is 13.8 Å². The lowest BCUT2D eigenvalue weighted by molar-refractivity contribution is -0.130. The van der Waals surface area contributed by atoms with Gasteiger partial charge in [0.15, 0.2) is 0 Å². The van der Waals surface area contributed by atoms with Crippen LogP contribution in [-0.4, -0.2) is 40.2 Å². The van der Waals surface area contributed by atoms with E-state index in [0.29, 0.717) is 19.6 Å². The van der Waals surface area contributed by atoms with Crippen molar-refractivity contribution in [3.8, 4) is 12.3 Å². The zero-order valence-corrected chi connectivity index (χ0v) is 13.0. The number of rotatable bonds is 7. The lowest BCUT2D eigenvalue weighted by Crippen LogP contribution is -2.32. The smallest absolute Gasteiger partial charge is 0.292 e. The third kappa shape index (κ3) is 4.50. The normalized spacial score (nSPS) is 10.0. The maximum atomic E-state index is 12.1. The van der Waals surface area contributed by atoms with Crippen LogP contribution in [0.5, 0.6) is 0 Å². The van der Waals surface area contributed by atoms with Crippen LogP contribution in [0.3, 0.4) is 0 Å². The molecule has 1 aromatic heterocycles. The first-order valence-corrected chi connectivity index (χ1v) is 7.13. The van der Waals surface area contributed by atoms with Gasteiger partial charge in [-0.25, -0.2) is 4.68 Å². The first kappa shape index (κ1) is 17.1. The second-order valence-corrected chi connectivity index (χ2v) is 4.68. The molecule has 7 heteroatoms. The Morgan fingerprint density at radius 1 is 1.52 bits per heavy atom. The van der Waals surface area contributed by atoms with Gasteiger partial charge in [-0.1, -0.05) is 17.5 Å². The van der Waals surface area contributed by atoms with Gasteiger partial charge in [-0.2, -0.15) is 5.10 Å². The van der Waals surface area contributed by atoms with E-state index in [0.717, 1.165) is 4.68 Å². The van der Waals surface area contributed by atoms with Gasteiger partial charge < -0.3 is 10.2 Å². The van der Waals surface area contributed by atoms with E-state index in [9.17, 15) is 9.59 Å². The summed E-state index contributed by atoms with van der Waals surface area (Å²) in [5, 5.41) is 6.94. The third-order valence-electron chi connectivity index (χ3n) is 3.00. The monoisotopic (exact) mass is 310 g/mol. The number of halogens is 1. The summed E-state index contributed by atoms with van der Waals surface area (Å²) in [7, 11) is 0. The fourth-order valence-corrected chi connectivity index (χ4v) is 2.05. The van der Waals surface area contributed by atoms with Crippen LogP contribution in [0.4, 0.5) is 5.69 Å². The molecule has 0 saturated heterocycles. The second-order valence-electron chi connectivity index (χ2n) is 4.28. The number of carbonyl (C=O) groups is 1. The van der Waals surface area contributed by atoms with E-state index in [-0.39, 0.29) is 29.6 Å². The molecule has 1 rings (SSSR count). The molecule has 0 aliphatic heterocycles. The molecule has 0 radical (unpaired) electrons. The van der Waals surface area contributed by atoms with Crippen molar-refractivity contribution in [2.24, 2.45) is 0 Å². The molecule has 6 nitrogen and oxygen atoms in total. The summed E-state index contributed by atoms with van der Waals surface area (Å²) >= 11 is 5.95. The third-order valence-corrected chi connectivity index (χ3v) is 3.28. The van der Waals surface area contributed by atoms with Crippen molar-refractivity contribution in [2.45, 2.75) is 26.8 Å². The van der Waals surface area contributed by atoms with Crippen LogP contribution in [0.25, 0.3) is 0 Å². The first-order valence-electron chi connectivity index (χ1n) is 6.75. The summed E-state index contributed by atoms with van der Waals surface area (Å²) < 4.78 is 1.14. The molecule has 0 unspecified atom stereocenters. The minimum absolute atomic E-state index is 0.0293. The summed E-state index contributed by atoms with van der Waals surface area (Å²) in [5.74, 6) is 2.37. The minimum atomic E-state index is -0.393. The summed E-state index contributed by atoms with van der Waals surface area (Å²) in [4.78, 5) is 25.7. The van der Waals surface area contributed by atoms with Crippen LogP contribution in [0.2, 0.25) is 5.02 Å². The molecule has 0 fully saturated rings. The molecule has 0 spiro atoms. The molecule has 0 aliphatic carbocycles. The van der Waals surface area contributed by atoms with Gasteiger partial charge in [-0.05, 0) is 13.8 Å². The lowest BCUT2D eigenvalue weighted by atomic mass is 10.3. The van der Waals surface area contributed by atoms with Crippen LogP contribution < -0.4 is 10.9 Å². The molecule has 0 bridgehead atoms. The van der Waals surface area contributed by atoms with Crippen molar-refractivity contribution in [1.29, 1.82) is 0 Å². The van der Waals surface area contributed by atoms with Gasteiger partial charge in [0.2, 0.25) is 5.91 Å². The van der Waals surface area contributed by atoms with Crippen LogP contribution in [0.1, 0.15) is 20.3 Å². The van der Waals surface area contributed by atoms with Crippen molar-refractivity contribution < 1.29 is 4.79 Å². The summed E-state index contributed by atoms with van der Waals surface area (Å²) in [5.41, 5.74) is -0.176. The molecule has 21 heavy (non-hydrogen) atoms. The van der Waals surface area contributed by atoms with Gasteiger partial charge in [-0.15, -0.1) is 6.42 Å². The Hall–Kier alpha value is -2.00. The molecule has 1 N–H and O–H groups in total. The number of nitrogens with zero attached hydrogens (tertiary/aromatic N) is 3. The maximum absolute atomic E-state index is 12.1. The molecule has 1 aromatic rings. The van der Waals surface area contributed by atoms with Crippen molar-refractivity contribution in [1.82, 2.24) is 14.7 Å². The Morgan fingerprint density at radius 3 is 2.76 bits per heavy atom. The number of hydrogen-bond acceptors (Lipinski definition) is 4. The quantitative estimate of drug-likeness (QED) is 0.769. The predicted octanol–water partition coefficient (Wildman–Crippen LogP) is 1.20. The van der Waals surface area contributed by atoms with Crippen molar-refractivity contribution in [3.05, 3.63) is 21.6 Å².